The van der Waals surface area contributed by atoms with E-state index in [-0.39, 0.29) is 19.5 Å². The summed E-state index contributed by atoms with van der Waals surface area (Å²) in [7, 11) is 0. The fourth-order valence-electron chi connectivity index (χ4n) is 1.60. The van der Waals surface area contributed by atoms with Gasteiger partial charge in [-0.05, 0) is 12.1 Å². The number of hydrogen-bond donors (Lipinski definition) is 0. The van der Waals surface area contributed by atoms with Crippen LogP contribution in [0.1, 0.15) is 66.2 Å². The second-order valence-corrected chi connectivity index (χ2v) is 7.26. The minimum absolute atomic E-state index is 0. The van der Waals surface area contributed by atoms with E-state index in [2.05, 4.69) is 27.7 Å². The van der Waals surface area contributed by atoms with E-state index in [0.29, 0.717) is 19.8 Å². The smallest absolute Gasteiger partial charge is 0.778 e. The van der Waals surface area contributed by atoms with Crippen molar-refractivity contribution in [1.82, 2.24) is 0 Å². The Hall–Kier alpha value is 0.0834. The maximum absolute atomic E-state index is 5.60. The van der Waals surface area contributed by atoms with E-state index >= 15 is 0 Å². The molecule has 0 saturated carbocycles. The van der Waals surface area contributed by atoms with Gasteiger partial charge in [-0.3, -0.25) is 0 Å². The average molecular weight is 497 g/mol. The van der Waals surface area contributed by atoms with Crippen molar-refractivity contribution >= 4 is 48.5 Å². The van der Waals surface area contributed by atoms with Crippen LogP contribution in [-0.2, 0) is 44.7 Å². The van der Waals surface area contributed by atoms with Crippen molar-refractivity contribution in [2.45, 2.75) is 76.0 Å². The van der Waals surface area contributed by atoms with Crippen LogP contribution in [0.5, 0.6) is 0 Å². The molecule has 0 bridgehead atoms. The first-order chi connectivity index (χ1) is 12.4. The van der Waals surface area contributed by atoms with Crippen LogP contribution in [0.4, 0.5) is 0 Å². The Balaban J connectivity index is -0.000000289. The van der Waals surface area contributed by atoms with Crippen LogP contribution < -0.4 is 0 Å². The number of rotatable bonds is 4. The topological polar surface area (TPSA) is 0 Å². The molecule has 0 heterocycles. The van der Waals surface area contributed by atoms with E-state index < -0.39 is 0 Å². The summed E-state index contributed by atoms with van der Waals surface area (Å²) in [5.74, 6) is 0. The van der Waals surface area contributed by atoms with Crippen LogP contribution in [0.15, 0.2) is 58.3 Å². The molecular weight excluding hydrogens is 465 g/mol. The quantitative estimate of drug-likeness (QED) is 0.306. The van der Waals surface area contributed by atoms with Gasteiger partial charge in [0.1, 0.15) is 0 Å². The zero-order valence-electron chi connectivity index (χ0n) is 17.1. The van der Waals surface area contributed by atoms with Gasteiger partial charge in [-0.1, -0.05) is 126 Å². The van der Waals surface area contributed by atoms with E-state index in [0.717, 1.165) is 0 Å². The van der Waals surface area contributed by atoms with Gasteiger partial charge in [0.2, 0.25) is 0 Å². The maximum atomic E-state index is 5.60. The monoisotopic (exact) mass is 494 g/mol. The molecule has 0 aliphatic rings. The van der Waals surface area contributed by atoms with Gasteiger partial charge >= 0.3 is 19.5 Å². The van der Waals surface area contributed by atoms with Gasteiger partial charge in [-0.15, -0.1) is 0 Å². The first kappa shape index (κ1) is 31.8. The van der Waals surface area contributed by atoms with Gasteiger partial charge in [-0.2, -0.15) is 9.79 Å². The predicted molar refractivity (Wildman–Crippen MR) is 125 cm³/mol. The second-order valence-electron chi connectivity index (χ2n) is 5.57. The first-order valence-electron chi connectivity index (χ1n) is 9.27. The van der Waals surface area contributed by atoms with Crippen LogP contribution >= 0.6 is 23.2 Å². The SMILES string of the molecule is CCCCC.CCCCC.[S-]c1ccccc1Cl.[S-]c1ccccc1Cl.[Zn+2]. The van der Waals surface area contributed by atoms with Crippen molar-refractivity contribution in [1.29, 1.82) is 0 Å². The molecule has 0 amide bonds. The number of halogens is 2. The van der Waals surface area contributed by atoms with Gasteiger partial charge in [-0.25, -0.2) is 0 Å². The average Bonchev–Trinajstić information content (AvgIpc) is 2.63. The number of unbranched alkanes of at least 4 members (excludes halogenated alkanes) is 4. The zero-order chi connectivity index (χ0) is 20.2. The summed E-state index contributed by atoms with van der Waals surface area (Å²) >= 11 is 20.9. The molecular formula is C22H32Cl2S2Zn. The van der Waals surface area contributed by atoms with Crippen LogP contribution in [-0.4, -0.2) is 0 Å². The normalized spacial score (nSPS) is 8.52. The van der Waals surface area contributed by atoms with E-state index in [1.165, 1.54) is 38.5 Å². The van der Waals surface area contributed by atoms with Gasteiger partial charge < -0.3 is 25.3 Å². The summed E-state index contributed by atoms with van der Waals surface area (Å²) in [4.78, 5) is 1.43. The minimum atomic E-state index is 0. The summed E-state index contributed by atoms with van der Waals surface area (Å²) < 4.78 is 0. The number of hydrogen-bond acceptors (Lipinski definition) is 2. The van der Waals surface area contributed by atoms with Crippen molar-refractivity contribution in [2.24, 2.45) is 0 Å². The third kappa shape index (κ3) is 22.2. The summed E-state index contributed by atoms with van der Waals surface area (Å²) in [5, 5.41) is 1.31. The van der Waals surface area contributed by atoms with Crippen LogP contribution in [0.2, 0.25) is 10.0 Å². The zero-order valence-corrected chi connectivity index (χ0v) is 23.3. The number of benzene rings is 2. The molecule has 0 unspecified atom stereocenters. The molecule has 2 aromatic rings. The third-order valence-electron chi connectivity index (χ3n) is 3.09. The summed E-state index contributed by atoms with van der Waals surface area (Å²) in [6.07, 6.45) is 8.15. The summed E-state index contributed by atoms with van der Waals surface area (Å²) in [5.41, 5.74) is 0. The Morgan fingerprint density at radius 2 is 0.852 bits per heavy atom. The van der Waals surface area contributed by atoms with Gasteiger partial charge in [0.15, 0.2) is 0 Å². The minimum Gasteiger partial charge on any atom is -0.778 e. The molecule has 0 atom stereocenters. The molecule has 0 aliphatic heterocycles. The Morgan fingerprint density at radius 3 is 0.963 bits per heavy atom. The van der Waals surface area contributed by atoms with E-state index in [1.54, 1.807) is 24.3 Å². The van der Waals surface area contributed by atoms with Crippen LogP contribution in [0.3, 0.4) is 0 Å². The van der Waals surface area contributed by atoms with Gasteiger partial charge in [0.05, 0.1) is 0 Å². The molecule has 0 radical (unpaired) electrons. The largest absolute Gasteiger partial charge is 2.00 e. The van der Waals surface area contributed by atoms with E-state index in [1.807, 2.05) is 24.3 Å². The molecule has 2 aromatic carbocycles. The van der Waals surface area contributed by atoms with Crippen molar-refractivity contribution in [2.75, 3.05) is 0 Å². The molecule has 2 rings (SSSR count). The fourth-order valence-corrected chi connectivity index (χ4v) is 2.16. The van der Waals surface area contributed by atoms with E-state index in [4.69, 9.17) is 48.5 Å². The molecule has 0 spiro atoms. The maximum Gasteiger partial charge on any atom is 2.00 e. The molecule has 5 heteroatoms. The van der Waals surface area contributed by atoms with Crippen LogP contribution in [0, 0.1) is 0 Å². The molecule has 148 valence electrons. The second kappa shape index (κ2) is 24.1. The van der Waals surface area contributed by atoms with Crippen molar-refractivity contribution in [3.05, 3.63) is 58.6 Å². The third-order valence-corrected chi connectivity index (χ3v) is 4.68. The Bertz CT molecular complexity index is 456. The summed E-state index contributed by atoms with van der Waals surface area (Å²) in [6, 6.07) is 14.6. The molecule has 27 heavy (non-hydrogen) atoms. The standard InChI is InChI=1S/2C6H5ClS.2C5H12.Zn/c2*7-5-3-1-2-4-6(5)8;2*1-3-5-4-2;/h2*1-4,8H;2*3-5H2,1-2H3;/q;;;;+2/p-2. The molecule has 0 aromatic heterocycles. The molecule has 0 saturated heterocycles. The van der Waals surface area contributed by atoms with Gasteiger partial charge in [0.25, 0.3) is 0 Å². The van der Waals surface area contributed by atoms with Crippen molar-refractivity contribution in [3.8, 4) is 0 Å². The Kier molecular flexibility index (Phi) is 28.4. The first-order valence-corrected chi connectivity index (χ1v) is 10.8. The Labute approximate surface area is 201 Å². The molecule has 0 nitrogen and oxygen atoms in total. The van der Waals surface area contributed by atoms with Crippen LogP contribution in [0.25, 0.3) is 0 Å². The van der Waals surface area contributed by atoms with E-state index in [9.17, 15) is 0 Å². The molecule has 0 aliphatic carbocycles. The molecule has 0 fully saturated rings. The van der Waals surface area contributed by atoms with Crippen molar-refractivity contribution < 1.29 is 19.5 Å². The van der Waals surface area contributed by atoms with Crippen molar-refractivity contribution in [3.63, 3.8) is 0 Å². The van der Waals surface area contributed by atoms with Gasteiger partial charge in [0, 0.05) is 10.0 Å². The predicted octanol–water partition coefficient (Wildman–Crippen LogP) is 8.88. The Morgan fingerprint density at radius 1 is 0.593 bits per heavy atom. The fraction of sp³-hybridized carbons (Fsp3) is 0.455. The molecule has 0 N–H and O–H groups in total. The summed E-state index contributed by atoms with van der Waals surface area (Å²) in [6.45, 7) is 8.85.